The first-order valence-corrected chi connectivity index (χ1v) is 15.9. The van der Waals surface area contributed by atoms with E-state index in [0.717, 1.165) is 27.6 Å². The lowest BCUT2D eigenvalue weighted by Gasteiger charge is -2.24. The third-order valence-corrected chi connectivity index (χ3v) is 12.8. The van der Waals surface area contributed by atoms with Crippen molar-refractivity contribution >= 4 is 82.9 Å². The summed E-state index contributed by atoms with van der Waals surface area (Å²) in [6, 6.07) is 47.3. The molecule has 0 aliphatic rings. The van der Waals surface area contributed by atoms with Crippen LogP contribution in [0.4, 0.5) is 0 Å². The number of hydrogen-bond donors (Lipinski definition) is 0. The number of para-hydroxylation sites is 1. The van der Waals surface area contributed by atoms with E-state index >= 15 is 0 Å². The molecule has 8 aromatic rings. The Hall–Kier alpha value is -4.30. The Morgan fingerprint density at radius 3 is 1.90 bits per heavy atom. The van der Waals surface area contributed by atoms with E-state index < -0.39 is 6.04 Å². The first kappa shape index (κ1) is 22.7. The van der Waals surface area contributed by atoms with E-state index in [9.17, 15) is 0 Å². The van der Waals surface area contributed by atoms with Crippen molar-refractivity contribution in [1.82, 2.24) is 9.38 Å². The number of rotatable bonds is 3. The molecule has 0 bridgehead atoms. The van der Waals surface area contributed by atoms with Crippen molar-refractivity contribution in [3.8, 4) is 0 Å². The van der Waals surface area contributed by atoms with Crippen molar-refractivity contribution in [3.63, 3.8) is 0 Å². The molecular formula is C35H23N2PS. The average Bonchev–Trinajstić information content (AvgIpc) is 3.40. The second-order valence-corrected chi connectivity index (χ2v) is 14.4. The van der Waals surface area contributed by atoms with Crippen LogP contribution in [0.2, 0.25) is 0 Å². The van der Waals surface area contributed by atoms with Crippen LogP contribution in [0.3, 0.4) is 0 Å². The van der Waals surface area contributed by atoms with Crippen LogP contribution >= 0.6 is 6.04 Å². The van der Waals surface area contributed by atoms with Gasteiger partial charge >= 0.3 is 0 Å². The van der Waals surface area contributed by atoms with E-state index in [1.165, 1.54) is 37.5 Å². The number of fused-ring (bicyclic) bond motifs is 10. The van der Waals surface area contributed by atoms with Crippen molar-refractivity contribution in [1.29, 1.82) is 0 Å². The summed E-state index contributed by atoms with van der Waals surface area (Å²) < 4.78 is 2.33. The van der Waals surface area contributed by atoms with Gasteiger partial charge in [0.15, 0.2) is 0 Å². The van der Waals surface area contributed by atoms with Gasteiger partial charge in [-0.1, -0.05) is 127 Å². The number of nitrogens with zero attached hydrogens (tertiary/aromatic N) is 2. The van der Waals surface area contributed by atoms with Gasteiger partial charge < -0.3 is 0 Å². The molecule has 0 N–H and O–H groups in total. The number of imidazole rings is 1. The maximum atomic E-state index is 6.67. The fraction of sp³-hybridized carbons (Fsp3) is 0. The van der Waals surface area contributed by atoms with Crippen LogP contribution in [-0.4, -0.2) is 9.38 Å². The van der Waals surface area contributed by atoms with Crippen LogP contribution in [0, 0.1) is 0 Å². The molecule has 4 heteroatoms. The summed E-state index contributed by atoms with van der Waals surface area (Å²) in [5, 5.41) is 9.71. The highest BCUT2D eigenvalue weighted by molar-refractivity contribution is 8.25. The van der Waals surface area contributed by atoms with Gasteiger partial charge in [-0.25, -0.2) is 4.98 Å². The van der Waals surface area contributed by atoms with Crippen LogP contribution < -0.4 is 15.9 Å². The summed E-state index contributed by atoms with van der Waals surface area (Å²) in [5.41, 5.74) is 4.21. The highest BCUT2D eigenvalue weighted by atomic mass is 32.4. The van der Waals surface area contributed by atoms with E-state index in [-0.39, 0.29) is 0 Å². The molecule has 184 valence electrons. The molecule has 6 aromatic carbocycles. The first-order valence-electron chi connectivity index (χ1n) is 13.1. The van der Waals surface area contributed by atoms with Gasteiger partial charge in [-0.05, 0) is 51.0 Å². The van der Waals surface area contributed by atoms with Crippen LogP contribution in [0.15, 0.2) is 140 Å². The standard InChI is InChI=1S/C35H23N2PS/c39-38(25-12-3-1-4-13-25,26-14-5-2-6-15-26)27-20-22-31-33(23-27)37-32-18-10-9-17-29(32)34-28-16-8-7-11-24(28)19-21-30(34)35(37)36-31/h1-23H. The third-order valence-electron chi connectivity index (χ3n) is 7.83. The van der Waals surface area contributed by atoms with Gasteiger partial charge in [-0.3, -0.25) is 4.40 Å². The molecule has 0 aliphatic carbocycles. The second kappa shape index (κ2) is 8.61. The molecule has 0 aliphatic heterocycles. The molecule has 0 saturated heterocycles. The van der Waals surface area contributed by atoms with Crippen molar-refractivity contribution in [3.05, 3.63) is 140 Å². The van der Waals surface area contributed by atoms with Crippen molar-refractivity contribution < 1.29 is 0 Å². The Labute approximate surface area is 231 Å². The quantitative estimate of drug-likeness (QED) is 0.171. The number of aromatic nitrogens is 2. The maximum Gasteiger partial charge on any atom is 0.146 e. The molecule has 0 fully saturated rings. The van der Waals surface area contributed by atoms with Gasteiger partial charge in [-0.15, -0.1) is 0 Å². The lowest BCUT2D eigenvalue weighted by atomic mass is 9.99. The SMILES string of the molecule is S=P(c1ccccc1)(c1ccccc1)c1ccc2nc3c4ccc5ccccc5c4c4ccccc4n3c2c1. The molecule has 39 heavy (non-hydrogen) atoms. The first-order chi connectivity index (χ1) is 19.2. The fourth-order valence-corrected chi connectivity index (χ4v) is 9.77. The Morgan fingerprint density at radius 1 is 0.513 bits per heavy atom. The maximum absolute atomic E-state index is 6.67. The van der Waals surface area contributed by atoms with Gasteiger partial charge in [-0.2, -0.15) is 0 Å². The molecule has 0 unspecified atom stereocenters. The molecule has 0 atom stereocenters. The van der Waals surface area contributed by atoms with Crippen molar-refractivity contribution in [2.24, 2.45) is 0 Å². The minimum absolute atomic E-state index is 0.979. The van der Waals surface area contributed by atoms with Crippen LogP contribution in [0.1, 0.15) is 0 Å². The van der Waals surface area contributed by atoms with E-state index in [1.807, 2.05) is 0 Å². The summed E-state index contributed by atoms with van der Waals surface area (Å²) in [5.74, 6) is 0. The minimum atomic E-state index is -2.28. The second-order valence-electron chi connectivity index (χ2n) is 9.95. The smallest absolute Gasteiger partial charge is 0.146 e. The number of pyridine rings is 1. The zero-order chi connectivity index (χ0) is 26.0. The summed E-state index contributed by atoms with van der Waals surface area (Å²) in [6.45, 7) is 0. The number of hydrogen-bond acceptors (Lipinski definition) is 2. The summed E-state index contributed by atoms with van der Waals surface area (Å²) in [7, 11) is 0. The molecule has 2 nitrogen and oxygen atoms in total. The Bertz CT molecular complexity index is 2210. The van der Waals surface area contributed by atoms with Gasteiger partial charge in [0, 0.05) is 22.2 Å². The molecule has 2 aromatic heterocycles. The summed E-state index contributed by atoms with van der Waals surface area (Å²) >= 11 is 6.67. The van der Waals surface area contributed by atoms with E-state index in [1.54, 1.807) is 0 Å². The summed E-state index contributed by atoms with van der Waals surface area (Å²) in [6.07, 6.45) is 0. The predicted octanol–water partition coefficient (Wildman–Crippen LogP) is 7.70. The predicted molar refractivity (Wildman–Crippen MR) is 171 cm³/mol. The van der Waals surface area contributed by atoms with Gasteiger partial charge in [0.2, 0.25) is 0 Å². The largest absolute Gasteiger partial charge is 0.292 e. The van der Waals surface area contributed by atoms with Crippen LogP contribution in [-0.2, 0) is 11.8 Å². The molecule has 2 heterocycles. The van der Waals surface area contributed by atoms with Crippen molar-refractivity contribution in [2.75, 3.05) is 0 Å². The van der Waals surface area contributed by atoms with E-state index in [0.29, 0.717) is 0 Å². The molecule has 0 radical (unpaired) electrons. The Balaban J connectivity index is 1.51. The third kappa shape index (κ3) is 3.27. The van der Waals surface area contributed by atoms with E-state index in [4.69, 9.17) is 16.8 Å². The molecule has 0 amide bonds. The average molecular weight is 535 g/mol. The lowest BCUT2D eigenvalue weighted by molar-refractivity contribution is 1.32. The van der Waals surface area contributed by atoms with Crippen LogP contribution in [0.5, 0.6) is 0 Å². The van der Waals surface area contributed by atoms with Crippen LogP contribution in [0.25, 0.3) is 49.1 Å². The fourth-order valence-electron chi connectivity index (χ4n) is 6.04. The molecule has 0 spiro atoms. The highest BCUT2D eigenvalue weighted by Crippen LogP contribution is 2.44. The lowest BCUT2D eigenvalue weighted by Crippen LogP contribution is -2.24. The van der Waals surface area contributed by atoms with Gasteiger partial charge in [0.1, 0.15) is 5.65 Å². The monoisotopic (exact) mass is 534 g/mol. The minimum Gasteiger partial charge on any atom is -0.292 e. The number of benzene rings is 6. The molecular weight excluding hydrogens is 511 g/mol. The summed E-state index contributed by atoms with van der Waals surface area (Å²) in [4.78, 5) is 5.21. The highest BCUT2D eigenvalue weighted by Gasteiger charge is 2.26. The molecule has 0 saturated carbocycles. The van der Waals surface area contributed by atoms with E-state index in [2.05, 4.69) is 144 Å². The topological polar surface area (TPSA) is 17.3 Å². The zero-order valence-electron chi connectivity index (χ0n) is 21.0. The van der Waals surface area contributed by atoms with Crippen molar-refractivity contribution in [2.45, 2.75) is 0 Å². The normalized spacial score (nSPS) is 12.2. The Kier molecular flexibility index (Phi) is 5.00. The van der Waals surface area contributed by atoms with Gasteiger partial charge in [0.25, 0.3) is 0 Å². The zero-order valence-corrected chi connectivity index (χ0v) is 22.7. The van der Waals surface area contributed by atoms with Gasteiger partial charge in [0.05, 0.1) is 16.6 Å². The molecule has 8 rings (SSSR count). The Morgan fingerprint density at radius 2 is 1.15 bits per heavy atom.